The first-order valence-corrected chi connectivity index (χ1v) is 11.7. The second-order valence-corrected chi connectivity index (χ2v) is 8.85. The Balaban J connectivity index is 1.38. The predicted octanol–water partition coefficient (Wildman–Crippen LogP) is 5.65. The van der Waals surface area contributed by atoms with Gasteiger partial charge in [0.25, 0.3) is 5.91 Å². The fourth-order valence-corrected chi connectivity index (χ4v) is 3.77. The van der Waals surface area contributed by atoms with Gasteiger partial charge in [-0.2, -0.15) is 10.2 Å². The van der Waals surface area contributed by atoms with Crippen LogP contribution in [0.5, 0.6) is 5.75 Å². The average Bonchev–Trinajstić information content (AvgIpc) is 3.15. The summed E-state index contributed by atoms with van der Waals surface area (Å²) in [7, 11) is 0. The number of carbonyl (C=O) groups is 1. The summed E-state index contributed by atoms with van der Waals surface area (Å²) in [6.07, 6.45) is 1.59. The Bertz CT molecular complexity index is 1310. The van der Waals surface area contributed by atoms with Crippen molar-refractivity contribution in [3.05, 3.63) is 117 Å². The van der Waals surface area contributed by atoms with Crippen LogP contribution in [-0.2, 0) is 13.2 Å². The molecule has 0 unspecified atom stereocenters. The molecule has 0 atom stereocenters. The van der Waals surface area contributed by atoms with Gasteiger partial charge in [-0.05, 0) is 67.4 Å². The summed E-state index contributed by atoms with van der Waals surface area (Å²) in [6, 6.07) is 25.1. The number of para-hydroxylation sites is 1. The molecule has 0 saturated carbocycles. The van der Waals surface area contributed by atoms with Crippen molar-refractivity contribution in [2.24, 2.45) is 5.10 Å². The quantitative estimate of drug-likeness (QED) is 0.243. The van der Waals surface area contributed by atoms with Gasteiger partial charge in [0.05, 0.1) is 18.5 Å². The highest BCUT2D eigenvalue weighted by Gasteiger charge is 2.08. The van der Waals surface area contributed by atoms with Gasteiger partial charge >= 0.3 is 0 Å². The third-order valence-corrected chi connectivity index (χ3v) is 5.75. The molecule has 1 amide bonds. The molecule has 4 rings (SSSR count). The number of halogens is 1. The monoisotopic (exact) mass is 516 g/mol. The molecule has 0 saturated heterocycles. The third-order valence-electron chi connectivity index (χ3n) is 5.22. The molecule has 7 heteroatoms. The van der Waals surface area contributed by atoms with Gasteiger partial charge < -0.3 is 4.74 Å². The van der Waals surface area contributed by atoms with Gasteiger partial charge in [0, 0.05) is 21.3 Å². The van der Waals surface area contributed by atoms with E-state index in [1.54, 1.807) is 12.3 Å². The summed E-state index contributed by atoms with van der Waals surface area (Å²) < 4.78 is 8.91. The van der Waals surface area contributed by atoms with Crippen molar-refractivity contribution in [3.63, 3.8) is 0 Å². The lowest BCUT2D eigenvalue weighted by atomic mass is 10.1. The lowest BCUT2D eigenvalue weighted by Gasteiger charge is -2.09. The molecule has 172 valence electrons. The maximum atomic E-state index is 12.7. The zero-order valence-electron chi connectivity index (χ0n) is 19.0. The summed E-state index contributed by atoms with van der Waals surface area (Å²) in [5.41, 5.74) is 8.03. The predicted molar refractivity (Wildman–Crippen MR) is 137 cm³/mol. The van der Waals surface area contributed by atoms with Crippen LogP contribution in [0.2, 0.25) is 0 Å². The molecule has 3 aromatic carbocycles. The van der Waals surface area contributed by atoms with Gasteiger partial charge in [0.15, 0.2) is 0 Å². The van der Waals surface area contributed by atoms with E-state index in [9.17, 15) is 4.79 Å². The van der Waals surface area contributed by atoms with Crippen molar-refractivity contribution in [3.8, 4) is 5.75 Å². The normalized spacial score (nSPS) is 11.0. The summed E-state index contributed by atoms with van der Waals surface area (Å²) in [6.45, 7) is 5.03. The minimum atomic E-state index is -0.278. The third kappa shape index (κ3) is 6.20. The molecule has 0 aliphatic rings. The second kappa shape index (κ2) is 10.9. The van der Waals surface area contributed by atoms with E-state index in [4.69, 9.17) is 4.74 Å². The van der Waals surface area contributed by atoms with E-state index in [1.807, 2.05) is 91.3 Å². The molecule has 4 aromatic rings. The molecule has 34 heavy (non-hydrogen) atoms. The van der Waals surface area contributed by atoms with E-state index < -0.39 is 0 Å². The van der Waals surface area contributed by atoms with Crippen LogP contribution in [0.3, 0.4) is 0 Å². The van der Waals surface area contributed by atoms with Crippen molar-refractivity contribution in [2.75, 3.05) is 0 Å². The highest BCUT2D eigenvalue weighted by Crippen LogP contribution is 2.19. The van der Waals surface area contributed by atoms with Gasteiger partial charge in [-0.25, -0.2) is 5.43 Å². The molecule has 0 radical (unpaired) electrons. The molecule has 0 bridgehead atoms. The molecular weight excluding hydrogens is 492 g/mol. The fourth-order valence-electron chi connectivity index (χ4n) is 3.50. The molecular formula is C27H25BrN4O2. The van der Waals surface area contributed by atoms with Crippen LogP contribution < -0.4 is 10.2 Å². The van der Waals surface area contributed by atoms with Crippen LogP contribution in [0.4, 0.5) is 0 Å². The maximum absolute atomic E-state index is 12.7. The lowest BCUT2D eigenvalue weighted by molar-refractivity contribution is 0.0955. The Kier molecular flexibility index (Phi) is 7.54. The summed E-state index contributed by atoms with van der Waals surface area (Å²) in [4.78, 5) is 12.7. The Hall–Kier alpha value is -3.71. The highest BCUT2D eigenvalue weighted by molar-refractivity contribution is 9.10. The average molecular weight is 517 g/mol. The van der Waals surface area contributed by atoms with Crippen molar-refractivity contribution in [1.82, 2.24) is 15.2 Å². The second-order valence-electron chi connectivity index (χ2n) is 7.94. The highest BCUT2D eigenvalue weighted by atomic mass is 79.9. The first kappa shape index (κ1) is 23.4. The molecule has 6 nitrogen and oxygen atoms in total. The van der Waals surface area contributed by atoms with Crippen LogP contribution in [0.15, 0.2) is 88.4 Å². The van der Waals surface area contributed by atoms with Gasteiger partial charge in [-0.1, -0.05) is 52.3 Å². The maximum Gasteiger partial charge on any atom is 0.271 e. The van der Waals surface area contributed by atoms with Crippen LogP contribution in [0.1, 0.15) is 38.4 Å². The number of hydrazone groups is 1. The van der Waals surface area contributed by atoms with Crippen LogP contribution in [0, 0.1) is 13.8 Å². The summed E-state index contributed by atoms with van der Waals surface area (Å²) >= 11 is 3.44. The molecule has 0 spiro atoms. The minimum Gasteiger partial charge on any atom is -0.488 e. The van der Waals surface area contributed by atoms with Gasteiger partial charge in [-0.15, -0.1) is 0 Å². The Morgan fingerprint density at radius 3 is 2.59 bits per heavy atom. The minimum absolute atomic E-state index is 0.278. The molecule has 0 aliphatic heterocycles. The van der Waals surface area contributed by atoms with E-state index in [0.29, 0.717) is 24.5 Å². The van der Waals surface area contributed by atoms with Crippen molar-refractivity contribution < 1.29 is 9.53 Å². The first-order chi connectivity index (χ1) is 16.5. The van der Waals surface area contributed by atoms with E-state index in [1.165, 1.54) is 0 Å². The number of rotatable bonds is 8. The van der Waals surface area contributed by atoms with Crippen LogP contribution >= 0.6 is 15.9 Å². The number of amides is 1. The van der Waals surface area contributed by atoms with Gasteiger partial charge in [0.2, 0.25) is 0 Å². The number of hydrogen-bond acceptors (Lipinski definition) is 4. The number of aryl methyl sites for hydroxylation is 2. The molecule has 0 aliphatic carbocycles. The number of aromatic nitrogens is 2. The van der Waals surface area contributed by atoms with Crippen LogP contribution in [-0.4, -0.2) is 21.9 Å². The Morgan fingerprint density at radius 1 is 1.03 bits per heavy atom. The number of carbonyl (C=O) groups excluding carboxylic acids is 1. The lowest BCUT2D eigenvalue weighted by Crippen LogP contribution is -2.18. The van der Waals surface area contributed by atoms with Crippen LogP contribution in [0.25, 0.3) is 0 Å². The van der Waals surface area contributed by atoms with Gasteiger partial charge in [0.1, 0.15) is 12.4 Å². The zero-order chi connectivity index (χ0) is 23.9. The van der Waals surface area contributed by atoms with Crippen molar-refractivity contribution in [2.45, 2.75) is 27.0 Å². The molecule has 1 heterocycles. The topological polar surface area (TPSA) is 68.5 Å². The number of hydrogen-bond donors (Lipinski definition) is 1. The van der Waals surface area contributed by atoms with E-state index in [0.717, 1.165) is 32.6 Å². The number of nitrogens with one attached hydrogen (secondary N) is 1. The zero-order valence-corrected chi connectivity index (χ0v) is 20.6. The van der Waals surface area contributed by atoms with E-state index in [-0.39, 0.29) is 5.91 Å². The standard InChI is InChI=1S/C27H25BrN4O2/c1-19-14-20(2)32(31-19)17-22-6-5-8-23(15-22)27(33)30-29-16-24-7-3-4-9-26(24)34-18-21-10-12-25(28)13-11-21/h3-16H,17-18H2,1-2H3,(H,30,33)/b29-16-. The molecule has 1 N–H and O–H groups in total. The van der Waals surface area contributed by atoms with E-state index in [2.05, 4.69) is 31.6 Å². The SMILES string of the molecule is Cc1cc(C)n(Cc2cccc(C(=O)N/N=C\c3ccccc3OCc3ccc(Br)cc3)c2)n1. The molecule has 1 aromatic heterocycles. The summed E-state index contributed by atoms with van der Waals surface area (Å²) in [5, 5.41) is 8.64. The van der Waals surface area contributed by atoms with E-state index >= 15 is 0 Å². The Morgan fingerprint density at radius 2 is 1.82 bits per heavy atom. The van der Waals surface area contributed by atoms with Crippen molar-refractivity contribution >= 4 is 28.1 Å². The van der Waals surface area contributed by atoms with Gasteiger partial charge in [-0.3, -0.25) is 9.48 Å². The Labute approximate surface area is 207 Å². The smallest absolute Gasteiger partial charge is 0.271 e. The number of ether oxygens (including phenoxy) is 1. The first-order valence-electron chi connectivity index (χ1n) is 10.9. The number of nitrogens with zero attached hydrogens (tertiary/aromatic N) is 3. The largest absolute Gasteiger partial charge is 0.488 e. The summed E-state index contributed by atoms with van der Waals surface area (Å²) in [5.74, 6) is 0.412. The number of benzene rings is 3. The fraction of sp³-hybridized carbons (Fsp3) is 0.148. The molecule has 0 fully saturated rings. The van der Waals surface area contributed by atoms with Crippen molar-refractivity contribution in [1.29, 1.82) is 0 Å².